The molecule has 1 aromatic heterocycles. The number of allylic oxidation sites excluding steroid dienone is 1. The highest BCUT2D eigenvalue weighted by Gasteiger charge is 2.39. The Morgan fingerprint density at radius 2 is 1.17 bits per heavy atom. The van der Waals surface area contributed by atoms with Crippen LogP contribution in [0.3, 0.4) is 0 Å². The highest BCUT2D eigenvalue weighted by Crippen LogP contribution is 2.54. The first-order valence-electron chi connectivity index (χ1n) is 18.5. The molecular formula is C51H36N2S. The molecule has 3 heteroatoms. The number of nitrogens with zero attached hydrogens (tertiary/aromatic N) is 1. The lowest BCUT2D eigenvalue weighted by Gasteiger charge is -2.26. The number of nitrogens with one attached hydrogen (secondary N) is 1. The minimum Gasteiger partial charge on any atom is -0.300 e. The maximum absolute atomic E-state index is 9.10. The topological polar surface area (TPSA) is 36.2 Å². The molecule has 0 unspecified atom stereocenters. The zero-order valence-electron chi connectivity index (χ0n) is 30.1. The van der Waals surface area contributed by atoms with E-state index in [0.717, 1.165) is 27.8 Å². The average Bonchev–Trinajstić information content (AvgIpc) is 3.72. The molecule has 0 spiro atoms. The Morgan fingerprint density at radius 3 is 2.00 bits per heavy atom. The minimum absolute atomic E-state index is 0.181. The minimum atomic E-state index is -0.181. The van der Waals surface area contributed by atoms with E-state index in [0.29, 0.717) is 5.71 Å². The lowest BCUT2D eigenvalue weighted by molar-refractivity contribution is 0.668. The summed E-state index contributed by atoms with van der Waals surface area (Å²) in [5, 5.41) is 16.5. The zero-order chi connectivity index (χ0) is 36.4. The molecule has 0 saturated carbocycles. The Labute approximate surface area is 318 Å². The molecule has 8 aromatic carbocycles. The van der Waals surface area contributed by atoms with Crippen molar-refractivity contribution in [3.8, 4) is 22.3 Å². The molecular weight excluding hydrogens is 673 g/mol. The van der Waals surface area contributed by atoms with Gasteiger partial charge in [-0.2, -0.15) is 0 Å². The molecule has 1 aliphatic carbocycles. The van der Waals surface area contributed by atoms with Crippen LogP contribution in [0.1, 0.15) is 41.7 Å². The van der Waals surface area contributed by atoms with E-state index in [1.54, 1.807) is 11.3 Å². The van der Waals surface area contributed by atoms with Crippen molar-refractivity contribution in [2.45, 2.75) is 19.3 Å². The van der Waals surface area contributed by atoms with Gasteiger partial charge in [0.1, 0.15) is 0 Å². The molecule has 10 rings (SSSR count). The molecule has 0 fully saturated rings. The molecule has 1 aliphatic rings. The molecule has 256 valence electrons. The number of hydrogen-bond acceptors (Lipinski definition) is 3. The normalized spacial score (nSPS) is 13.6. The van der Waals surface area contributed by atoms with Gasteiger partial charge in [-0.3, -0.25) is 4.99 Å². The Kier molecular flexibility index (Phi) is 7.53. The van der Waals surface area contributed by atoms with Gasteiger partial charge < -0.3 is 5.41 Å². The Hall–Kier alpha value is -6.42. The number of fused-ring (bicyclic) bond motifs is 9. The van der Waals surface area contributed by atoms with Gasteiger partial charge >= 0.3 is 0 Å². The zero-order valence-corrected chi connectivity index (χ0v) is 30.9. The molecule has 1 heterocycles. The largest absolute Gasteiger partial charge is 0.300 e. The predicted octanol–water partition coefficient (Wildman–Crippen LogP) is 13.9. The fraction of sp³-hybridized carbons (Fsp3) is 0.0588. The smallest absolute Gasteiger partial charge is 0.0738 e. The second-order valence-corrected chi connectivity index (χ2v) is 15.7. The molecule has 1 N–H and O–H groups in total. The quantitative estimate of drug-likeness (QED) is 0.167. The maximum Gasteiger partial charge on any atom is 0.0738 e. The predicted molar refractivity (Wildman–Crippen MR) is 233 cm³/mol. The number of aliphatic imine (C=N–C) groups is 1. The van der Waals surface area contributed by atoms with Crippen LogP contribution in [0.5, 0.6) is 0 Å². The second kappa shape index (κ2) is 12.6. The van der Waals surface area contributed by atoms with Gasteiger partial charge in [-0.15, -0.1) is 11.3 Å². The van der Waals surface area contributed by atoms with E-state index in [1.807, 2.05) is 42.6 Å². The fourth-order valence-corrected chi connectivity index (χ4v) is 9.97. The highest BCUT2D eigenvalue weighted by molar-refractivity contribution is 7.26. The van der Waals surface area contributed by atoms with E-state index < -0.39 is 0 Å². The van der Waals surface area contributed by atoms with Crippen molar-refractivity contribution in [3.63, 3.8) is 0 Å². The molecule has 0 atom stereocenters. The van der Waals surface area contributed by atoms with E-state index in [9.17, 15) is 0 Å². The van der Waals surface area contributed by atoms with E-state index in [1.165, 1.54) is 69.7 Å². The van der Waals surface area contributed by atoms with Crippen LogP contribution in [0, 0.1) is 5.41 Å². The van der Waals surface area contributed by atoms with Crippen molar-refractivity contribution in [2.24, 2.45) is 4.99 Å². The van der Waals surface area contributed by atoms with Crippen molar-refractivity contribution in [1.82, 2.24) is 0 Å². The van der Waals surface area contributed by atoms with Crippen LogP contribution in [-0.4, -0.2) is 11.9 Å². The summed E-state index contributed by atoms with van der Waals surface area (Å²) in [7, 11) is 0. The number of thiophene rings is 1. The summed E-state index contributed by atoms with van der Waals surface area (Å²) in [6, 6.07) is 58.3. The second-order valence-electron chi connectivity index (χ2n) is 14.7. The Bertz CT molecular complexity index is 3030. The third kappa shape index (κ3) is 5.08. The van der Waals surface area contributed by atoms with Crippen molar-refractivity contribution in [2.75, 3.05) is 0 Å². The number of benzene rings is 8. The van der Waals surface area contributed by atoms with Gasteiger partial charge in [-0.05, 0) is 72.6 Å². The van der Waals surface area contributed by atoms with Gasteiger partial charge in [-0.25, -0.2) is 0 Å². The van der Waals surface area contributed by atoms with Crippen LogP contribution >= 0.6 is 11.3 Å². The summed E-state index contributed by atoms with van der Waals surface area (Å²) in [6.45, 7) is 4.77. The summed E-state index contributed by atoms with van der Waals surface area (Å²) < 4.78 is 2.42. The van der Waals surface area contributed by atoms with Crippen molar-refractivity contribution < 1.29 is 0 Å². The van der Waals surface area contributed by atoms with Crippen molar-refractivity contribution in [3.05, 3.63) is 198 Å². The summed E-state index contributed by atoms with van der Waals surface area (Å²) >= 11 is 1.78. The van der Waals surface area contributed by atoms with Gasteiger partial charge in [0.25, 0.3) is 0 Å². The van der Waals surface area contributed by atoms with Gasteiger partial charge in [0.15, 0.2) is 0 Å². The highest BCUT2D eigenvalue weighted by atomic mass is 32.1. The van der Waals surface area contributed by atoms with E-state index in [4.69, 9.17) is 10.4 Å². The number of rotatable bonds is 6. The van der Waals surface area contributed by atoms with Crippen LogP contribution < -0.4 is 0 Å². The standard InChI is InChI=1S/C51H36N2S/c1-51(2)48-36-18-7-6-14-32(36)26-29-42(48)41-22-12-21-40(49(41)51)38-28-27-34(35-17-8-9-19-37(35)38)31-53-46(30-45(52)33-15-4-3-5-16-33)44-24-13-23-43-39-20-10-11-25-47(39)54-50(43)44/h3-31,52H,1-2H3/b46-30-,52-45?,53-31?. The third-order valence-corrected chi connectivity index (χ3v) is 12.4. The van der Waals surface area contributed by atoms with E-state index >= 15 is 0 Å². The van der Waals surface area contributed by atoms with Crippen LogP contribution in [0.2, 0.25) is 0 Å². The molecule has 54 heavy (non-hydrogen) atoms. The van der Waals surface area contributed by atoms with Crippen LogP contribution in [0.15, 0.2) is 175 Å². The molecule has 0 amide bonds. The van der Waals surface area contributed by atoms with Crippen LogP contribution in [0.25, 0.3) is 69.7 Å². The molecule has 0 saturated heterocycles. The summed E-state index contributed by atoms with van der Waals surface area (Å²) in [6.07, 6.45) is 3.90. The first-order chi connectivity index (χ1) is 26.5. The summed E-state index contributed by atoms with van der Waals surface area (Å²) in [4.78, 5) is 5.24. The summed E-state index contributed by atoms with van der Waals surface area (Å²) in [5.74, 6) is 0. The molecule has 9 aromatic rings. The molecule has 0 bridgehead atoms. The molecule has 0 aliphatic heterocycles. The third-order valence-electron chi connectivity index (χ3n) is 11.2. The molecule has 0 radical (unpaired) electrons. The van der Waals surface area contributed by atoms with E-state index in [-0.39, 0.29) is 5.41 Å². The maximum atomic E-state index is 9.10. The van der Waals surface area contributed by atoms with Gasteiger partial charge in [0, 0.05) is 42.9 Å². The monoisotopic (exact) mass is 708 g/mol. The van der Waals surface area contributed by atoms with E-state index in [2.05, 4.69) is 147 Å². The average molecular weight is 709 g/mol. The molecule has 2 nitrogen and oxygen atoms in total. The van der Waals surface area contributed by atoms with Crippen molar-refractivity contribution >= 4 is 70.7 Å². The summed E-state index contributed by atoms with van der Waals surface area (Å²) in [5.41, 5.74) is 11.9. The fourth-order valence-electron chi connectivity index (χ4n) is 8.75. The first-order valence-corrected chi connectivity index (χ1v) is 19.3. The van der Waals surface area contributed by atoms with Gasteiger partial charge in [-0.1, -0.05) is 172 Å². The first kappa shape index (κ1) is 32.2. The SMILES string of the molecule is CC1(C)c2c(cccc2-c2ccc(C=N/C(=C\C(=N)c3ccccc3)c3cccc4c3sc3ccccc34)c3ccccc23)-c2ccc3ccccc3c21. The van der Waals surface area contributed by atoms with Crippen LogP contribution in [0.4, 0.5) is 0 Å². The lowest BCUT2D eigenvalue weighted by Crippen LogP contribution is -2.17. The Balaban J connectivity index is 1.12. The Morgan fingerprint density at radius 1 is 0.537 bits per heavy atom. The van der Waals surface area contributed by atoms with Gasteiger partial charge in [0.05, 0.1) is 11.4 Å². The van der Waals surface area contributed by atoms with Gasteiger partial charge in [0.2, 0.25) is 0 Å². The number of hydrogen-bond donors (Lipinski definition) is 1. The van der Waals surface area contributed by atoms with Crippen LogP contribution in [-0.2, 0) is 5.41 Å². The van der Waals surface area contributed by atoms with Crippen molar-refractivity contribution in [1.29, 1.82) is 5.41 Å². The lowest BCUT2D eigenvalue weighted by atomic mass is 9.77.